The third-order valence-electron chi connectivity index (χ3n) is 4.30. The molecule has 0 radical (unpaired) electrons. The van der Waals surface area contributed by atoms with Gasteiger partial charge in [-0.3, -0.25) is 4.99 Å². The zero-order valence-corrected chi connectivity index (χ0v) is 11.7. The molecule has 0 amide bonds. The van der Waals surface area contributed by atoms with Crippen LogP contribution in [0.3, 0.4) is 0 Å². The summed E-state index contributed by atoms with van der Waals surface area (Å²) in [5, 5.41) is 13.8. The topological polar surface area (TPSA) is 70.6 Å². The first-order valence-electron chi connectivity index (χ1n) is 7.18. The van der Waals surface area contributed by atoms with E-state index in [1.54, 1.807) is 0 Å². The molecule has 0 heterocycles. The zero-order valence-electron chi connectivity index (χ0n) is 11.7. The van der Waals surface area contributed by atoms with Crippen molar-refractivity contribution in [1.29, 1.82) is 0 Å². The number of nitrogens with one attached hydrogen (secondary N) is 1. The lowest BCUT2D eigenvalue weighted by Gasteiger charge is -2.40. The van der Waals surface area contributed by atoms with Crippen LogP contribution >= 0.6 is 0 Å². The van der Waals surface area contributed by atoms with Gasteiger partial charge in [-0.25, -0.2) is 0 Å². The van der Waals surface area contributed by atoms with E-state index in [2.05, 4.69) is 24.2 Å². The number of hydrogen-bond acceptors (Lipinski definition) is 2. The smallest absolute Gasteiger partial charge is 0.188 e. The number of aliphatic imine (C=N–C) groups is 1. The average Bonchev–Trinajstić information content (AvgIpc) is 2.19. The fraction of sp³-hybridized carbons (Fsp3) is 0.929. The van der Waals surface area contributed by atoms with Crippen LogP contribution in [0, 0.1) is 5.41 Å². The molecule has 1 unspecified atom stereocenters. The van der Waals surface area contributed by atoms with E-state index in [0.29, 0.717) is 18.5 Å². The molecule has 0 saturated heterocycles. The zero-order chi connectivity index (χ0) is 13.2. The van der Waals surface area contributed by atoms with E-state index < -0.39 is 5.60 Å². The summed E-state index contributed by atoms with van der Waals surface area (Å²) in [6.07, 6.45) is 7.59. The van der Waals surface area contributed by atoms with Crippen LogP contribution in [0.5, 0.6) is 0 Å². The molecule has 4 heteroatoms. The Bertz CT molecular complexity index is 323. The van der Waals surface area contributed by atoms with Gasteiger partial charge >= 0.3 is 0 Å². The van der Waals surface area contributed by atoms with Crippen LogP contribution in [0.15, 0.2) is 4.99 Å². The Morgan fingerprint density at radius 3 is 2.61 bits per heavy atom. The molecule has 0 aromatic heterocycles. The fourth-order valence-corrected chi connectivity index (χ4v) is 3.14. The molecular weight excluding hydrogens is 226 g/mol. The van der Waals surface area contributed by atoms with Crippen molar-refractivity contribution < 1.29 is 5.11 Å². The van der Waals surface area contributed by atoms with Crippen molar-refractivity contribution >= 4 is 5.96 Å². The monoisotopic (exact) mass is 253 g/mol. The third-order valence-corrected chi connectivity index (χ3v) is 4.30. The van der Waals surface area contributed by atoms with Crippen molar-refractivity contribution in [1.82, 2.24) is 5.32 Å². The molecule has 4 nitrogen and oxygen atoms in total. The lowest BCUT2D eigenvalue weighted by atomic mass is 9.70. The van der Waals surface area contributed by atoms with Crippen LogP contribution in [0.1, 0.15) is 58.8 Å². The summed E-state index contributed by atoms with van der Waals surface area (Å²) in [6, 6.07) is 0.506. The Morgan fingerprint density at radius 2 is 2.06 bits per heavy atom. The van der Waals surface area contributed by atoms with Gasteiger partial charge in [-0.2, -0.15) is 0 Å². The predicted octanol–water partition coefficient (Wildman–Crippen LogP) is 1.77. The molecule has 2 aliphatic rings. The molecule has 18 heavy (non-hydrogen) atoms. The van der Waals surface area contributed by atoms with E-state index in [1.165, 1.54) is 25.7 Å². The van der Waals surface area contributed by atoms with E-state index in [1.807, 2.05) is 0 Å². The van der Waals surface area contributed by atoms with Gasteiger partial charge < -0.3 is 16.2 Å². The number of hydrogen-bond donors (Lipinski definition) is 3. The lowest BCUT2D eigenvalue weighted by Crippen LogP contribution is -2.46. The molecule has 4 N–H and O–H groups in total. The Kier molecular flexibility index (Phi) is 3.85. The second-order valence-electron chi connectivity index (χ2n) is 6.89. The summed E-state index contributed by atoms with van der Waals surface area (Å²) >= 11 is 0. The van der Waals surface area contributed by atoms with Gasteiger partial charge in [-0.05, 0) is 50.4 Å². The van der Waals surface area contributed by atoms with Gasteiger partial charge in [0.2, 0.25) is 0 Å². The highest BCUT2D eigenvalue weighted by molar-refractivity contribution is 5.78. The summed E-state index contributed by atoms with van der Waals surface area (Å²) in [4.78, 5) is 4.34. The Hall–Kier alpha value is -0.770. The first kappa shape index (κ1) is 13.7. The minimum Gasteiger partial charge on any atom is -0.388 e. The molecule has 0 spiro atoms. The van der Waals surface area contributed by atoms with Gasteiger partial charge in [0, 0.05) is 6.04 Å². The lowest BCUT2D eigenvalue weighted by molar-refractivity contribution is -0.0307. The maximum atomic E-state index is 10.6. The number of aliphatic hydroxyl groups is 1. The molecule has 104 valence electrons. The van der Waals surface area contributed by atoms with Gasteiger partial charge in [-0.1, -0.05) is 13.8 Å². The minimum atomic E-state index is -0.659. The molecule has 0 aromatic carbocycles. The van der Waals surface area contributed by atoms with Crippen molar-refractivity contribution in [2.45, 2.75) is 70.4 Å². The highest BCUT2D eigenvalue weighted by Crippen LogP contribution is 2.40. The van der Waals surface area contributed by atoms with E-state index in [0.717, 1.165) is 19.3 Å². The summed E-state index contributed by atoms with van der Waals surface area (Å²) in [5.41, 5.74) is 5.42. The van der Waals surface area contributed by atoms with Gasteiger partial charge in [0.25, 0.3) is 0 Å². The first-order chi connectivity index (χ1) is 8.39. The van der Waals surface area contributed by atoms with E-state index >= 15 is 0 Å². The normalized spacial score (nSPS) is 32.9. The average molecular weight is 253 g/mol. The quantitative estimate of drug-likeness (QED) is 0.530. The van der Waals surface area contributed by atoms with Gasteiger partial charge in [0.15, 0.2) is 5.96 Å². The van der Waals surface area contributed by atoms with E-state index in [4.69, 9.17) is 5.73 Å². The number of guanidine groups is 1. The molecule has 1 atom stereocenters. The number of rotatable bonds is 3. The van der Waals surface area contributed by atoms with Gasteiger partial charge in [0.1, 0.15) is 0 Å². The van der Waals surface area contributed by atoms with Crippen molar-refractivity contribution in [2.75, 3.05) is 6.54 Å². The van der Waals surface area contributed by atoms with Crippen LogP contribution in [0.2, 0.25) is 0 Å². The summed E-state index contributed by atoms with van der Waals surface area (Å²) in [7, 11) is 0. The third kappa shape index (κ3) is 3.61. The number of nitrogens with zero attached hydrogens (tertiary/aromatic N) is 1. The molecule has 0 aliphatic heterocycles. The Balaban J connectivity index is 1.85. The Labute approximate surface area is 110 Å². The molecule has 2 aliphatic carbocycles. The van der Waals surface area contributed by atoms with Gasteiger partial charge in [-0.15, -0.1) is 0 Å². The highest BCUT2D eigenvalue weighted by Gasteiger charge is 2.38. The van der Waals surface area contributed by atoms with Crippen molar-refractivity contribution in [3.8, 4) is 0 Å². The second-order valence-corrected chi connectivity index (χ2v) is 6.89. The Morgan fingerprint density at radius 1 is 1.33 bits per heavy atom. The van der Waals surface area contributed by atoms with E-state index in [9.17, 15) is 5.11 Å². The summed E-state index contributed by atoms with van der Waals surface area (Å²) in [6.45, 7) is 4.87. The maximum absolute atomic E-state index is 10.6. The SMILES string of the molecule is CC1(C)CCCC(O)(CN=C(N)NC2CCC2)C1. The fourth-order valence-electron chi connectivity index (χ4n) is 3.14. The van der Waals surface area contributed by atoms with Crippen molar-refractivity contribution in [2.24, 2.45) is 16.1 Å². The van der Waals surface area contributed by atoms with E-state index in [-0.39, 0.29) is 5.41 Å². The van der Waals surface area contributed by atoms with Crippen LogP contribution < -0.4 is 11.1 Å². The van der Waals surface area contributed by atoms with Crippen LogP contribution in [0.4, 0.5) is 0 Å². The van der Waals surface area contributed by atoms with Crippen LogP contribution in [-0.2, 0) is 0 Å². The highest BCUT2D eigenvalue weighted by atomic mass is 16.3. The molecule has 2 fully saturated rings. The van der Waals surface area contributed by atoms with Crippen LogP contribution in [0.25, 0.3) is 0 Å². The molecule has 2 saturated carbocycles. The minimum absolute atomic E-state index is 0.221. The first-order valence-corrected chi connectivity index (χ1v) is 7.18. The molecular formula is C14H27N3O. The maximum Gasteiger partial charge on any atom is 0.188 e. The summed E-state index contributed by atoms with van der Waals surface area (Å²) < 4.78 is 0. The molecule has 2 rings (SSSR count). The predicted molar refractivity (Wildman–Crippen MR) is 74.5 cm³/mol. The van der Waals surface area contributed by atoms with Gasteiger partial charge in [0.05, 0.1) is 12.1 Å². The van der Waals surface area contributed by atoms with Crippen LogP contribution in [-0.4, -0.2) is 29.3 Å². The number of nitrogens with two attached hydrogens (primary N) is 1. The largest absolute Gasteiger partial charge is 0.388 e. The van der Waals surface area contributed by atoms with Crippen molar-refractivity contribution in [3.05, 3.63) is 0 Å². The second kappa shape index (κ2) is 5.08. The van der Waals surface area contributed by atoms with Crippen molar-refractivity contribution in [3.63, 3.8) is 0 Å². The summed E-state index contributed by atoms with van der Waals surface area (Å²) in [5.74, 6) is 0.497. The molecule has 0 aromatic rings. The molecule has 0 bridgehead atoms. The standard InChI is InChI=1S/C14H27N3O/c1-13(2)7-4-8-14(18,9-13)10-16-12(15)17-11-5-3-6-11/h11,18H,3-10H2,1-2H3,(H3,15,16,17).